The van der Waals surface area contributed by atoms with Gasteiger partial charge in [-0.1, -0.05) is 6.42 Å². The molecule has 2 heterocycles. The Balaban J connectivity index is 0.000000980. The maximum Gasteiger partial charge on any atom is 0.0945 e. The van der Waals surface area contributed by atoms with E-state index < -0.39 is 0 Å². The fourth-order valence-electron chi connectivity index (χ4n) is 1.89. The van der Waals surface area contributed by atoms with Crippen LogP contribution in [0.1, 0.15) is 25.7 Å². The smallest absolute Gasteiger partial charge is 0.0945 e. The molecule has 0 spiro atoms. The first-order chi connectivity index (χ1) is 6.45. The maximum atomic E-state index is 4.03. The predicted octanol–water partition coefficient (Wildman–Crippen LogP) is 1.84. The molecule has 0 amide bonds. The van der Waals surface area contributed by atoms with Crippen molar-refractivity contribution in [2.45, 2.75) is 38.3 Å². The molecule has 1 aliphatic rings. The van der Waals surface area contributed by atoms with Gasteiger partial charge in [-0.25, -0.2) is 4.98 Å². The Morgan fingerprint density at radius 1 is 1.43 bits per heavy atom. The number of aromatic nitrogens is 2. The predicted molar refractivity (Wildman–Crippen MR) is 59.7 cm³/mol. The molecule has 2 rings (SSSR count). The van der Waals surface area contributed by atoms with Crippen molar-refractivity contribution in [3.8, 4) is 0 Å². The van der Waals surface area contributed by atoms with Crippen LogP contribution in [0.4, 0.5) is 0 Å². The number of aryl methyl sites for hydroxylation is 1. The van der Waals surface area contributed by atoms with Gasteiger partial charge in [0.15, 0.2) is 0 Å². The number of nitrogens with one attached hydrogen (secondary N) is 1. The molecule has 0 saturated carbocycles. The zero-order valence-electron chi connectivity index (χ0n) is 8.35. The largest absolute Gasteiger partial charge is 0.337 e. The molecular formula is C10H18ClN3. The van der Waals surface area contributed by atoms with Crippen molar-refractivity contribution in [2.75, 3.05) is 6.54 Å². The number of imidazole rings is 1. The minimum atomic E-state index is 0. The molecule has 0 bridgehead atoms. The summed E-state index contributed by atoms with van der Waals surface area (Å²) >= 11 is 0. The second kappa shape index (κ2) is 6.04. The van der Waals surface area contributed by atoms with E-state index in [2.05, 4.69) is 14.9 Å². The van der Waals surface area contributed by atoms with Gasteiger partial charge in [0.1, 0.15) is 0 Å². The van der Waals surface area contributed by atoms with Crippen LogP contribution in [0.3, 0.4) is 0 Å². The second-order valence-corrected chi connectivity index (χ2v) is 3.74. The first-order valence-corrected chi connectivity index (χ1v) is 5.14. The average Bonchev–Trinajstić information content (AvgIpc) is 2.69. The van der Waals surface area contributed by atoms with Gasteiger partial charge in [0.2, 0.25) is 0 Å². The SMILES string of the molecule is Cl.c1cn(CCC2CCCCN2)cn1. The summed E-state index contributed by atoms with van der Waals surface area (Å²) in [6, 6.07) is 0.733. The van der Waals surface area contributed by atoms with Crippen molar-refractivity contribution in [3.05, 3.63) is 18.7 Å². The molecular weight excluding hydrogens is 198 g/mol. The Morgan fingerprint density at radius 2 is 2.36 bits per heavy atom. The van der Waals surface area contributed by atoms with Crippen LogP contribution in [0.2, 0.25) is 0 Å². The standard InChI is InChI=1S/C10H17N3.ClH/c1-2-5-12-10(3-1)4-7-13-8-6-11-9-13;/h6,8-10,12H,1-5,7H2;1H. The zero-order chi connectivity index (χ0) is 8.93. The molecule has 1 unspecified atom stereocenters. The zero-order valence-corrected chi connectivity index (χ0v) is 9.17. The van der Waals surface area contributed by atoms with Gasteiger partial charge < -0.3 is 9.88 Å². The van der Waals surface area contributed by atoms with Gasteiger partial charge in [-0.2, -0.15) is 0 Å². The molecule has 4 heteroatoms. The Morgan fingerprint density at radius 3 is 3.00 bits per heavy atom. The third kappa shape index (κ3) is 3.31. The van der Waals surface area contributed by atoms with Crippen LogP contribution >= 0.6 is 12.4 Å². The molecule has 0 aliphatic carbocycles. The van der Waals surface area contributed by atoms with Crippen LogP contribution in [-0.4, -0.2) is 22.1 Å². The van der Waals surface area contributed by atoms with E-state index in [0.29, 0.717) is 0 Å². The average molecular weight is 216 g/mol. The number of nitrogens with zero attached hydrogens (tertiary/aromatic N) is 2. The molecule has 80 valence electrons. The molecule has 1 N–H and O–H groups in total. The summed E-state index contributed by atoms with van der Waals surface area (Å²) in [6.45, 7) is 2.30. The van der Waals surface area contributed by atoms with Crippen LogP contribution in [-0.2, 0) is 6.54 Å². The molecule has 1 aliphatic heterocycles. The maximum absolute atomic E-state index is 4.03. The third-order valence-electron chi connectivity index (χ3n) is 2.71. The highest BCUT2D eigenvalue weighted by Gasteiger charge is 2.11. The van der Waals surface area contributed by atoms with Gasteiger partial charge in [0, 0.05) is 25.0 Å². The topological polar surface area (TPSA) is 29.9 Å². The molecule has 0 radical (unpaired) electrons. The summed E-state index contributed by atoms with van der Waals surface area (Å²) in [5.74, 6) is 0. The Bertz CT molecular complexity index is 230. The summed E-state index contributed by atoms with van der Waals surface area (Å²) in [5.41, 5.74) is 0. The van der Waals surface area contributed by atoms with Crippen LogP contribution in [0, 0.1) is 0 Å². The lowest BCUT2D eigenvalue weighted by Gasteiger charge is -2.23. The number of piperidine rings is 1. The van der Waals surface area contributed by atoms with E-state index in [0.717, 1.165) is 12.6 Å². The fraction of sp³-hybridized carbons (Fsp3) is 0.700. The van der Waals surface area contributed by atoms with Gasteiger partial charge in [-0.05, 0) is 25.8 Å². The van der Waals surface area contributed by atoms with E-state index in [-0.39, 0.29) is 12.4 Å². The van der Waals surface area contributed by atoms with Crippen LogP contribution < -0.4 is 5.32 Å². The molecule has 14 heavy (non-hydrogen) atoms. The quantitative estimate of drug-likeness (QED) is 0.834. The summed E-state index contributed by atoms with van der Waals surface area (Å²) in [7, 11) is 0. The second-order valence-electron chi connectivity index (χ2n) is 3.74. The van der Waals surface area contributed by atoms with Crippen molar-refractivity contribution in [3.63, 3.8) is 0 Å². The summed E-state index contributed by atoms with van der Waals surface area (Å²) in [5, 5.41) is 3.55. The fourth-order valence-corrected chi connectivity index (χ4v) is 1.89. The van der Waals surface area contributed by atoms with Gasteiger partial charge in [-0.3, -0.25) is 0 Å². The number of hydrogen-bond acceptors (Lipinski definition) is 2. The molecule has 1 atom stereocenters. The molecule has 1 saturated heterocycles. The van der Waals surface area contributed by atoms with E-state index in [4.69, 9.17) is 0 Å². The van der Waals surface area contributed by atoms with E-state index in [9.17, 15) is 0 Å². The van der Waals surface area contributed by atoms with Gasteiger partial charge in [-0.15, -0.1) is 12.4 Å². The summed E-state index contributed by atoms with van der Waals surface area (Å²) < 4.78 is 2.15. The molecule has 3 nitrogen and oxygen atoms in total. The van der Waals surface area contributed by atoms with Crippen molar-refractivity contribution in [2.24, 2.45) is 0 Å². The highest BCUT2D eigenvalue weighted by atomic mass is 35.5. The van der Waals surface area contributed by atoms with Gasteiger partial charge in [0.05, 0.1) is 6.33 Å². The van der Waals surface area contributed by atoms with E-state index >= 15 is 0 Å². The van der Waals surface area contributed by atoms with Crippen LogP contribution in [0.15, 0.2) is 18.7 Å². The molecule has 1 fully saturated rings. The molecule has 1 aromatic heterocycles. The van der Waals surface area contributed by atoms with E-state index in [1.54, 1.807) is 0 Å². The third-order valence-corrected chi connectivity index (χ3v) is 2.71. The molecule has 1 aromatic rings. The van der Waals surface area contributed by atoms with Gasteiger partial charge >= 0.3 is 0 Å². The van der Waals surface area contributed by atoms with Crippen molar-refractivity contribution in [1.29, 1.82) is 0 Å². The highest BCUT2D eigenvalue weighted by molar-refractivity contribution is 5.85. The van der Waals surface area contributed by atoms with Crippen molar-refractivity contribution in [1.82, 2.24) is 14.9 Å². The minimum Gasteiger partial charge on any atom is -0.337 e. The van der Waals surface area contributed by atoms with Crippen LogP contribution in [0.5, 0.6) is 0 Å². The normalized spacial score (nSPS) is 21.6. The van der Waals surface area contributed by atoms with E-state index in [1.165, 1.54) is 32.2 Å². The monoisotopic (exact) mass is 215 g/mol. The van der Waals surface area contributed by atoms with Crippen molar-refractivity contribution < 1.29 is 0 Å². The van der Waals surface area contributed by atoms with E-state index in [1.807, 2.05) is 18.7 Å². The van der Waals surface area contributed by atoms with Crippen LogP contribution in [0.25, 0.3) is 0 Å². The number of hydrogen-bond donors (Lipinski definition) is 1. The van der Waals surface area contributed by atoms with Crippen molar-refractivity contribution >= 4 is 12.4 Å². The Labute approximate surface area is 91.3 Å². The Hall–Kier alpha value is -0.540. The van der Waals surface area contributed by atoms with Gasteiger partial charge in [0.25, 0.3) is 0 Å². The summed E-state index contributed by atoms with van der Waals surface area (Å²) in [4.78, 5) is 4.03. The lowest BCUT2D eigenvalue weighted by molar-refractivity contribution is 0.366. The molecule has 0 aromatic carbocycles. The first kappa shape index (κ1) is 11.5. The lowest BCUT2D eigenvalue weighted by Crippen LogP contribution is -2.34. The summed E-state index contributed by atoms with van der Waals surface area (Å²) in [6.07, 6.45) is 11.1. The Kier molecular flexibility index (Phi) is 4.98. The number of halogens is 1. The number of rotatable bonds is 3. The first-order valence-electron chi connectivity index (χ1n) is 5.14. The highest BCUT2D eigenvalue weighted by Crippen LogP contribution is 2.10. The minimum absolute atomic E-state index is 0. The lowest BCUT2D eigenvalue weighted by atomic mass is 10.0.